The molecule has 3 rings (SSSR count). The van der Waals surface area contributed by atoms with Crippen molar-refractivity contribution in [1.29, 1.82) is 0 Å². The largest absolute Gasteiger partial charge is 0.355 e. The van der Waals surface area contributed by atoms with Crippen LogP contribution in [0.1, 0.15) is 28.8 Å². The van der Waals surface area contributed by atoms with Gasteiger partial charge in [-0.25, -0.2) is 0 Å². The molecule has 0 radical (unpaired) electrons. The van der Waals surface area contributed by atoms with Crippen LogP contribution in [0.5, 0.6) is 0 Å². The third kappa shape index (κ3) is 6.41. The molecule has 154 valence electrons. The lowest BCUT2D eigenvalue weighted by atomic mass is 9.95. The number of nitrogens with one attached hydrogen (secondary N) is 1. The molecule has 29 heavy (non-hydrogen) atoms. The first-order valence-corrected chi connectivity index (χ1v) is 10.9. The van der Waals surface area contributed by atoms with Gasteiger partial charge in [0.05, 0.1) is 0 Å². The lowest BCUT2D eigenvalue weighted by Crippen LogP contribution is -2.44. The summed E-state index contributed by atoms with van der Waals surface area (Å²) in [4.78, 5) is 29.1. The molecule has 1 fully saturated rings. The maximum atomic E-state index is 12.6. The van der Waals surface area contributed by atoms with Gasteiger partial charge in [0.25, 0.3) is 5.91 Å². The zero-order chi connectivity index (χ0) is 20.6. The molecule has 0 aliphatic carbocycles. The Hall–Kier alpha value is -2.18. The molecule has 1 aliphatic rings. The summed E-state index contributed by atoms with van der Waals surface area (Å²) >= 11 is 3.39. The van der Waals surface area contributed by atoms with E-state index in [9.17, 15) is 9.59 Å². The van der Waals surface area contributed by atoms with Gasteiger partial charge in [-0.1, -0.05) is 46.3 Å². The number of likely N-dealkylation sites (tertiary alicyclic amines) is 1. The third-order valence-corrected chi connectivity index (χ3v) is 5.86. The maximum absolute atomic E-state index is 12.6. The number of amides is 2. The number of piperidine rings is 1. The third-order valence-electron chi connectivity index (χ3n) is 5.33. The van der Waals surface area contributed by atoms with E-state index in [1.807, 2.05) is 47.4 Å². The van der Waals surface area contributed by atoms with Crippen LogP contribution in [0, 0.1) is 5.92 Å². The molecule has 0 bridgehead atoms. The van der Waals surface area contributed by atoms with E-state index >= 15 is 0 Å². The molecule has 0 unspecified atom stereocenters. The van der Waals surface area contributed by atoms with Gasteiger partial charge >= 0.3 is 0 Å². The molecule has 1 heterocycles. The summed E-state index contributed by atoms with van der Waals surface area (Å²) in [7, 11) is 2.06. The van der Waals surface area contributed by atoms with Gasteiger partial charge in [0.2, 0.25) is 5.91 Å². The molecule has 1 N–H and O–H groups in total. The van der Waals surface area contributed by atoms with Crippen molar-refractivity contribution in [3.63, 3.8) is 0 Å². The van der Waals surface area contributed by atoms with Crippen molar-refractivity contribution < 1.29 is 9.59 Å². The van der Waals surface area contributed by atoms with E-state index in [1.54, 1.807) is 0 Å². The van der Waals surface area contributed by atoms with Crippen LogP contribution in [0.4, 0.5) is 0 Å². The lowest BCUT2D eigenvalue weighted by Gasteiger charge is -2.31. The van der Waals surface area contributed by atoms with Crippen LogP contribution in [0.25, 0.3) is 0 Å². The molecule has 2 aromatic carbocycles. The average Bonchev–Trinajstić information content (AvgIpc) is 2.74. The minimum atomic E-state index is -0.0107. The summed E-state index contributed by atoms with van der Waals surface area (Å²) in [6.45, 7) is 3.57. The van der Waals surface area contributed by atoms with E-state index in [4.69, 9.17) is 0 Å². The van der Waals surface area contributed by atoms with Crippen molar-refractivity contribution in [2.75, 3.05) is 33.2 Å². The number of rotatable bonds is 7. The Morgan fingerprint density at radius 1 is 1.07 bits per heavy atom. The van der Waals surface area contributed by atoms with Crippen LogP contribution < -0.4 is 5.32 Å². The summed E-state index contributed by atoms with van der Waals surface area (Å²) in [6.07, 6.45) is 1.43. The van der Waals surface area contributed by atoms with Gasteiger partial charge in [0, 0.05) is 48.7 Å². The lowest BCUT2D eigenvalue weighted by molar-refractivity contribution is -0.126. The zero-order valence-electron chi connectivity index (χ0n) is 16.8. The second-order valence-electron chi connectivity index (χ2n) is 7.59. The second kappa shape index (κ2) is 10.6. The van der Waals surface area contributed by atoms with Gasteiger partial charge in [-0.2, -0.15) is 0 Å². The Balaban J connectivity index is 1.37. The predicted molar refractivity (Wildman–Crippen MR) is 119 cm³/mol. The second-order valence-corrected chi connectivity index (χ2v) is 8.50. The van der Waals surface area contributed by atoms with Crippen LogP contribution in [0.3, 0.4) is 0 Å². The summed E-state index contributed by atoms with van der Waals surface area (Å²) in [5, 5.41) is 3.06. The van der Waals surface area contributed by atoms with Crippen molar-refractivity contribution in [3.05, 3.63) is 70.2 Å². The normalized spacial score (nSPS) is 14.8. The van der Waals surface area contributed by atoms with Gasteiger partial charge in [-0.05, 0) is 49.7 Å². The van der Waals surface area contributed by atoms with Gasteiger partial charge in [-0.15, -0.1) is 0 Å². The molecule has 0 saturated carbocycles. The Labute approximate surface area is 181 Å². The van der Waals surface area contributed by atoms with Crippen LogP contribution in [-0.2, 0) is 11.3 Å². The highest BCUT2D eigenvalue weighted by Gasteiger charge is 2.27. The Morgan fingerprint density at radius 2 is 1.72 bits per heavy atom. The smallest absolute Gasteiger partial charge is 0.253 e. The van der Waals surface area contributed by atoms with Crippen molar-refractivity contribution in [3.8, 4) is 0 Å². The van der Waals surface area contributed by atoms with E-state index in [0.29, 0.717) is 38.0 Å². The number of halogens is 1. The van der Waals surface area contributed by atoms with E-state index in [0.717, 1.165) is 17.6 Å². The van der Waals surface area contributed by atoms with Crippen LogP contribution >= 0.6 is 15.9 Å². The molecule has 0 atom stereocenters. The number of likely N-dealkylation sites (N-methyl/N-ethyl adjacent to an activating group) is 1. The average molecular weight is 458 g/mol. The van der Waals surface area contributed by atoms with Crippen molar-refractivity contribution in [2.45, 2.75) is 19.4 Å². The van der Waals surface area contributed by atoms with E-state index in [2.05, 4.69) is 45.3 Å². The molecule has 6 heteroatoms. The molecule has 1 saturated heterocycles. The van der Waals surface area contributed by atoms with Crippen LogP contribution in [0.15, 0.2) is 59.1 Å². The fourth-order valence-electron chi connectivity index (χ4n) is 3.61. The Bertz CT molecular complexity index is 803. The summed E-state index contributed by atoms with van der Waals surface area (Å²) in [5.74, 6) is 0.135. The number of nitrogens with zero attached hydrogens (tertiary/aromatic N) is 2. The van der Waals surface area contributed by atoms with E-state index in [1.165, 1.54) is 5.56 Å². The molecule has 2 aromatic rings. The van der Waals surface area contributed by atoms with Gasteiger partial charge in [0.1, 0.15) is 0 Å². The fraction of sp³-hybridized carbons (Fsp3) is 0.391. The highest BCUT2D eigenvalue weighted by molar-refractivity contribution is 9.10. The number of hydrogen-bond donors (Lipinski definition) is 1. The molecule has 0 spiro atoms. The Kier molecular flexibility index (Phi) is 7.83. The topological polar surface area (TPSA) is 52.7 Å². The Morgan fingerprint density at radius 3 is 2.38 bits per heavy atom. The standard InChI is InChI=1S/C23H28BrN3O2/c1-26(17-18-5-3-2-4-6-18)16-13-25-22(28)19-11-14-27(15-12-19)23(29)20-7-9-21(24)10-8-20/h2-10,19H,11-17H2,1H3,(H,25,28). The molecular weight excluding hydrogens is 430 g/mol. The molecular formula is C23H28BrN3O2. The highest BCUT2D eigenvalue weighted by atomic mass is 79.9. The number of carbonyl (C=O) groups is 2. The van der Waals surface area contributed by atoms with Gasteiger partial charge < -0.3 is 15.1 Å². The SMILES string of the molecule is CN(CCNC(=O)C1CCN(C(=O)c2ccc(Br)cc2)CC1)Cc1ccccc1. The summed E-state index contributed by atoms with van der Waals surface area (Å²) < 4.78 is 0.957. The highest BCUT2D eigenvalue weighted by Crippen LogP contribution is 2.20. The van der Waals surface area contributed by atoms with Crippen LogP contribution in [-0.4, -0.2) is 54.8 Å². The molecule has 1 aliphatic heterocycles. The predicted octanol–water partition coefficient (Wildman–Crippen LogP) is 3.55. The first-order valence-electron chi connectivity index (χ1n) is 10.1. The molecule has 5 nitrogen and oxygen atoms in total. The van der Waals surface area contributed by atoms with Gasteiger partial charge in [0.15, 0.2) is 0 Å². The monoisotopic (exact) mass is 457 g/mol. The quantitative estimate of drug-likeness (QED) is 0.691. The summed E-state index contributed by atoms with van der Waals surface area (Å²) in [6, 6.07) is 17.7. The molecule has 0 aromatic heterocycles. The minimum Gasteiger partial charge on any atom is -0.355 e. The van der Waals surface area contributed by atoms with Crippen molar-refractivity contribution in [2.24, 2.45) is 5.92 Å². The van der Waals surface area contributed by atoms with E-state index in [-0.39, 0.29) is 17.7 Å². The first-order chi connectivity index (χ1) is 14.0. The number of benzene rings is 2. The van der Waals surface area contributed by atoms with Crippen molar-refractivity contribution >= 4 is 27.7 Å². The van der Waals surface area contributed by atoms with Crippen molar-refractivity contribution in [1.82, 2.24) is 15.1 Å². The number of hydrogen-bond acceptors (Lipinski definition) is 3. The maximum Gasteiger partial charge on any atom is 0.253 e. The zero-order valence-corrected chi connectivity index (χ0v) is 18.4. The first kappa shape index (κ1) is 21.5. The fourth-order valence-corrected chi connectivity index (χ4v) is 3.87. The summed E-state index contributed by atoms with van der Waals surface area (Å²) in [5.41, 5.74) is 1.96. The molecule has 2 amide bonds. The number of carbonyl (C=O) groups excluding carboxylic acids is 2. The van der Waals surface area contributed by atoms with Gasteiger partial charge in [-0.3, -0.25) is 9.59 Å². The van der Waals surface area contributed by atoms with E-state index < -0.39 is 0 Å². The van der Waals surface area contributed by atoms with Crippen LogP contribution in [0.2, 0.25) is 0 Å². The minimum absolute atomic E-state index is 0.0107.